The zero-order valence-electron chi connectivity index (χ0n) is 15.4. The van der Waals surface area contributed by atoms with E-state index in [1.807, 2.05) is 23.5 Å². The fraction of sp³-hybridized carbons (Fsp3) is 0.400. The van der Waals surface area contributed by atoms with Gasteiger partial charge in [0.25, 0.3) is 0 Å². The molecule has 0 bridgehead atoms. The van der Waals surface area contributed by atoms with Crippen LogP contribution in [0.2, 0.25) is 0 Å². The second-order valence-electron chi connectivity index (χ2n) is 5.71. The van der Waals surface area contributed by atoms with Gasteiger partial charge in [0.15, 0.2) is 0 Å². The summed E-state index contributed by atoms with van der Waals surface area (Å²) in [6, 6.07) is 8.50. The van der Waals surface area contributed by atoms with E-state index < -0.39 is 0 Å². The zero-order chi connectivity index (χ0) is 19.4. The lowest BCUT2D eigenvalue weighted by atomic mass is 10.1. The third-order valence-electron chi connectivity index (χ3n) is 3.25. The average molecular weight is 427 g/mol. The lowest BCUT2D eigenvalue weighted by molar-refractivity contribution is -0.108. The molecule has 1 aromatic carbocycles. The largest absolute Gasteiger partial charge is 0.282 e. The number of benzene rings is 1. The molecule has 26 heavy (non-hydrogen) atoms. The molecule has 0 amide bonds. The first kappa shape index (κ1) is 23.5. The molecule has 1 aromatic rings. The topological polar surface area (TPSA) is 34.1 Å². The molecule has 0 saturated heterocycles. The highest BCUT2D eigenvalue weighted by atomic mass is 32.2. The summed E-state index contributed by atoms with van der Waals surface area (Å²) in [6.45, 7) is 10.8. The summed E-state index contributed by atoms with van der Waals surface area (Å²) in [5, 5.41) is 0.177. The third kappa shape index (κ3) is 9.95. The van der Waals surface area contributed by atoms with E-state index in [1.165, 1.54) is 34.7 Å². The molecule has 0 unspecified atom stereocenters. The average Bonchev–Trinajstić information content (AvgIpc) is 2.61. The first-order chi connectivity index (χ1) is 12.4. The number of hydrogen-bond acceptors (Lipinski definition) is 6. The van der Waals surface area contributed by atoms with Crippen LogP contribution < -0.4 is 0 Å². The van der Waals surface area contributed by atoms with Crippen LogP contribution in [0.5, 0.6) is 0 Å². The highest BCUT2D eigenvalue weighted by Crippen LogP contribution is 2.23. The minimum Gasteiger partial charge on any atom is -0.282 e. The minimum atomic E-state index is 0.0883. The van der Waals surface area contributed by atoms with Gasteiger partial charge in [-0.3, -0.25) is 9.59 Å². The van der Waals surface area contributed by atoms with Crippen molar-refractivity contribution in [1.82, 2.24) is 0 Å². The molecule has 0 aliphatic rings. The Labute approximate surface area is 174 Å². The number of carbonyl (C=O) groups is 2. The molecular formula is C20H26O2S4. The summed E-state index contributed by atoms with van der Waals surface area (Å²) < 4.78 is 0. The van der Waals surface area contributed by atoms with Crippen molar-refractivity contribution in [3.63, 3.8) is 0 Å². The fourth-order valence-electron chi connectivity index (χ4n) is 1.84. The summed E-state index contributed by atoms with van der Waals surface area (Å²) in [7, 11) is 0. The van der Waals surface area contributed by atoms with E-state index in [0.717, 1.165) is 34.5 Å². The third-order valence-corrected chi connectivity index (χ3v) is 7.82. The summed E-state index contributed by atoms with van der Waals surface area (Å²) in [4.78, 5) is 23.0. The van der Waals surface area contributed by atoms with Gasteiger partial charge in [-0.15, -0.1) is 0 Å². The van der Waals surface area contributed by atoms with Crippen molar-refractivity contribution >= 4 is 57.3 Å². The van der Waals surface area contributed by atoms with Crippen LogP contribution in [0, 0.1) is 0 Å². The number of rotatable bonds is 12. The fourth-order valence-corrected chi connectivity index (χ4v) is 5.60. The Kier molecular flexibility index (Phi) is 12.3. The molecule has 0 atom stereocenters. The quantitative estimate of drug-likeness (QED) is 0.309. The predicted octanol–water partition coefficient (Wildman–Crippen LogP) is 5.82. The lowest BCUT2D eigenvalue weighted by Gasteiger charge is -2.09. The maximum atomic E-state index is 11.5. The Morgan fingerprint density at radius 1 is 0.769 bits per heavy atom. The van der Waals surface area contributed by atoms with Crippen LogP contribution >= 0.6 is 47.0 Å². The molecule has 0 fully saturated rings. The zero-order valence-corrected chi connectivity index (χ0v) is 18.7. The molecule has 142 valence electrons. The molecule has 0 spiro atoms. The Balaban J connectivity index is 2.29. The molecular weight excluding hydrogens is 400 g/mol. The molecule has 0 heterocycles. The van der Waals surface area contributed by atoms with Gasteiger partial charge in [0.1, 0.15) is 0 Å². The van der Waals surface area contributed by atoms with Crippen molar-refractivity contribution < 1.29 is 9.59 Å². The molecule has 0 saturated carbocycles. The Hall–Kier alpha value is -0.560. The van der Waals surface area contributed by atoms with E-state index in [4.69, 9.17) is 0 Å². The van der Waals surface area contributed by atoms with Crippen LogP contribution in [0.15, 0.2) is 48.6 Å². The smallest absolute Gasteiger partial charge is 0.214 e. The van der Waals surface area contributed by atoms with Gasteiger partial charge in [-0.1, -0.05) is 60.9 Å². The highest BCUT2D eigenvalue weighted by molar-refractivity contribution is 8.15. The van der Waals surface area contributed by atoms with Gasteiger partial charge in [-0.05, 0) is 36.1 Å². The van der Waals surface area contributed by atoms with Crippen LogP contribution in [0.3, 0.4) is 0 Å². The number of carbonyl (C=O) groups excluding carboxylic acids is 2. The highest BCUT2D eigenvalue weighted by Gasteiger charge is 2.06. The summed E-state index contributed by atoms with van der Waals surface area (Å²) in [5.41, 5.74) is 3.94. The molecule has 6 heteroatoms. The number of hydrogen-bond donors (Lipinski definition) is 0. The maximum Gasteiger partial charge on any atom is 0.214 e. The summed E-state index contributed by atoms with van der Waals surface area (Å²) in [6.07, 6.45) is 0. The van der Waals surface area contributed by atoms with Gasteiger partial charge in [-0.2, -0.15) is 23.5 Å². The van der Waals surface area contributed by atoms with E-state index in [9.17, 15) is 9.59 Å². The van der Waals surface area contributed by atoms with Crippen molar-refractivity contribution in [2.75, 3.05) is 23.0 Å². The summed E-state index contributed by atoms with van der Waals surface area (Å²) in [5.74, 6) is 5.46. The maximum absolute atomic E-state index is 11.5. The van der Waals surface area contributed by atoms with Gasteiger partial charge in [0.05, 0.1) is 0 Å². The van der Waals surface area contributed by atoms with Crippen molar-refractivity contribution in [3.8, 4) is 0 Å². The molecule has 1 rings (SSSR count). The van der Waals surface area contributed by atoms with Crippen LogP contribution in [-0.4, -0.2) is 33.2 Å². The monoisotopic (exact) mass is 426 g/mol. The van der Waals surface area contributed by atoms with Gasteiger partial charge in [0, 0.05) is 34.5 Å². The Morgan fingerprint density at radius 2 is 1.15 bits per heavy atom. The normalized spacial score (nSPS) is 10.5. The van der Waals surface area contributed by atoms with E-state index in [1.54, 1.807) is 13.8 Å². The van der Waals surface area contributed by atoms with E-state index in [2.05, 4.69) is 37.4 Å². The second-order valence-corrected chi connectivity index (χ2v) is 10.1. The van der Waals surface area contributed by atoms with Crippen molar-refractivity contribution in [2.45, 2.75) is 25.4 Å². The van der Waals surface area contributed by atoms with Gasteiger partial charge in [-0.25, -0.2) is 0 Å². The van der Waals surface area contributed by atoms with Gasteiger partial charge >= 0.3 is 0 Å². The van der Waals surface area contributed by atoms with Crippen LogP contribution in [-0.2, 0) is 21.1 Å². The van der Waals surface area contributed by atoms with Crippen LogP contribution in [0.4, 0.5) is 0 Å². The Morgan fingerprint density at radius 3 is 1.50 bits per heavy atom. The molecule has 2 nitrogen and oxygen atoms in total. The molecule has 0 aliphatic carbocycles. The minimum absolute atomic E-state index is 0.0883. The van der Waals surface area contributed by atoms with Gasteiger partial charge in [0.2, 0.25) is 10.2 Å². The lowest BCUT2D eigenvalue weighted by Crippen LogP contribution is -1.97. The van der Waals surface area contributed by atoms with Crippen LogP contribution in [0.1, 0.15) is 25.0 Å². The first-order valence-electron chi connectivity index (χ1n) is 8.29. The standard InChI is InChI=1S/C20H26O2S4/c1-15(2)19(21)25-11-9-23-13-17-7-5-6-8-18(17)14-24-10-12-26-20(22)16(3)4/h5-8H,1,3,9-14H2,2,4H3. The van der Waals surface area contributed by atoms with Crippen molar-refractivity contribution in [1.29, 1.82) is 0 Å². The molecule has 0 aliphatic heterocycles. The van der Waals surface area contributed by atoms with Crippen molar-refractivity contribution in [3.05, 3.63) is 59.7 Å². The van der Waals surface area contributed by atoms with Crippen LogP contribution in [0.25, 0.3) is 0 Å². The SMILES string of the molecule is C=C(C)C(=O)SCCSCc1ccccc1CSCCSC(=O)C(=C)C. The van der Waals surface area contributed by atoms with E-state index in [0.29, 0.717) is 11.1 Å². The van der Waals surface area contributed by atoms with Gasteiger partial charge < -0.3 is 0 Å². The second kappa shape index (κ2) is 13.6. The summed E-state index contributed by atoms with van der Waals surface area (Å²) >= 11 is 6.41. The molecule has 0 radical (unpaired) electrons. The predicted molar refractivity (Wildman–Crippen MR) is 123 cm³/mol. The molecule has 0 aromatic heterocycles. The van der Waals surface area contributed by atoms with Crippen molar-refractivity contribution in [2.24, 2.45) is 0 Å². The molecule has 0 N–H and O–H groups in total. The first-order valence-corrected chi connectivity index (χ1v) is 12.6. The van der Waals surface area contributed by atoms with E-state index >= 15 is 0 Å². The van der Waals surface area contributed by atoms with E-state index in [-0.39, 0.29) is 10.2 Å². The number of thioether (sulfide) groups is 4. The Bertz CT molecular complexity index is 585.